The van der Waals surface area contributed by atoms with Gasteiger partial charge >= 0.3 is 0 Å². The first-order valence-corrected chi connectivity index (χ1v) is 12.0. The number of thioether (sulfide) groups is 1. The van der Waals surface area contributed by atoms with Crippen molar-refractivity contribution in [3.63, 3.8) is 0 Å². The Labute approximate surface area is 182 Å². The summed E-state index contributed by atoms with van der Waals surface area (Å²) in [5.41, 5.74) is 0.400. The second-order valence-electron chi connectivity index (χ2n) is 7.55. The summed E-state index contributed by atoms with van der Waals surface area (Å²) in [6.07, 6.45) is 5.21. The van der Waals surface area contributed by atoms with Crippen molar-refractivity contribution in [1.82, 2.24) is 15.1 Å². The Hall–Kier alpha value is -1.28. The Morgan fingerprint density at radius 3 is 2.69 bits per heavy atom. The van der Waals surface area contributed by atoms with Crippen LogP contribution in [0.4, 0.5) is 0 Å². The summed E-state index contributed by atoms with van der Waals surface area (Å²) in [4.78, 5) is 30.1. The fourth-order valence-corrected chi connectivity index (χ4v) is 4.51. The van der Waals surface area contributed by atoms with Gasteiger partial charge in [0.1, 0.15) is 6.04 Å². The highest BCUT2D eigenvalue weighted by Crippen LogP contribution is 2.17. The van der Waals surface area contributed by atoms with Crippen molar-refractivity contribution in [1.29, 1.82) is 0 Å². The second kappa shape index (κ2) is 11.2. The molecule has 2 saturated heterocycles. The molecule has 1 N–H and O–H groups in total. The van der Waals surface area contributed by atoms with E-state index < -0.39 is 6.04 Å². The molecule has 3 rings (SSSR count). The topological polar surface area (TPSA) is 61.9 Å². The molecular weight excluding hydrogens is 410 g/mol. The summed E-state index contributed by atoms with van der Waals surface area (Å²) in [6.45, 7) is 4.87. The molecule has 0 aromatic heterocycles. The fourth-order valence-electron chi connectivity index (χ4n) is 3.82. The molecule has 29 heavy (non-hydrogen) atoms. The number of benzene rings is 1. The SMILES string of the molecule is CSCC[C@H](NC(=O)c1ccccc1Cl)C(=O)N1CCN(C[C@@H]2CCCO2)CC1. The van der Waals surface area contributed by atoms with Gasteiger partial charge in [-0.15, -0.1) is 0 Å². The molecule has 1 aromatic rings. The first kappa shape index (κ1) is 22.4. The van der Waals surface area contributed by atoms with Crippen LogP contribution in [0.15, 0.2) is 24.3 Å². The molecule has 6 nitrogen and oxygen atoms in total. The van der Waals surface area contributed by atoms with Crippen LogP contribution in [0.3, 0.4) is 0 Å². The number of carbonyl (C=O) groups is 2. The molecule has 0 aliphatic carbocycles. The van der Waals surface area contributed by atoms with E-state index in [1.165, 1.54) is 0 Å². The smallest absolute Gasteiger partial charge is 0.253 e. The molecule has 0 bridgehead atoms. The number of piperazine rings is 1. The zero-order chi connectivity index (χ0) is 20.6. The van der Waals surface area contributed by atoms with Crippen molar-refractivity contribution in [2.24, 2.45) is 0 Å². The fraction of sp³-hybridized carbons (Fsp3) is 0.619. The van der Waals surface area contributed by atoms with Gasteiger partial charge in [-0.05, 0) is 43.4 Å². The van der Waals surface area contributed by atoms with E-state index in [0.29, 0.717) is 36.2 Å². The lowest BCUT2D eigenvalue weighted by Crippen LogP contribution is -2.55. The molecule has 2 aliphatic rings. The van der Waals surface area contributed by atoms with Gasteiger partial charge in [0.25, 0.3) is 5.91 Å². The third-order valence-corrected chi connectivity index (χ3v) is 6.48. The Bertz CT molecular complexity index is 692. The van der Waals surface area contributed by atoms with E-state index in [2.05, 4.69) is 10.2 Å². The zero-order valence-electron chi connectivity index (χ0n) is 16.9. The molecule has 0 saturated carbocycles. The molecule has 8 heteroatoms. The van der Waals surface area contributed by atoms with Crippen LogP contribution in [-0.2, 0) is 9.53 Å². The van der Waals surface area contributed by atoms with Crippen molar-refractivity contribution >= 4 is 35.2 Å². The van der Waals surface area contributed by atoms with Crippen LogP contribution in [0.25, 0.3) is 0 Å². The summed E-state index contributed by atoms with van der Waals surface area (Å²) < 4.78 is 5.73. The molecule has 0 spiro atoms. The molecule has 2 atom stereocenters. The van der Waals surface area contributed by atoms with Gasteiger partial charge in [-0.25, -0.2) is 0 Å². The Balaban J connectivity index is 1.56. The van der Waals surface area contributed by atoms with Crippen molar-refractivity contribution in [3.05, 3.63) is 34.9 Å². The number of amides is 2. The maximum Gasteiger partial charge on any atom is 0.253 e. The van der Waals surface area contributed by atoms with E-state index in [-0.39, 0.29) is 11.8 Å². The number of ether oxygens (including phenoxy) is 1. The molecule has 2 aliphatic heterocycles. The van der Waals surface area contributed by atoms with Gasteiger partial charge < -0.3 is 15.0 Å². The number of carbonyl (C=O) groups excluding carboxylic acids is 2. The normalized spacial score (nSPS) is 21.2. The third kappa shape index (κ3) is 6.35. The van der Waals surface area contributed by atoms with Gasteiger partial charge in [-0.2, -0.15) is 11.8 Å². The maximum absolute atomic E-state index is 13.1. The summed E-state index contributed by atoms with van der Waals surface area (Å²) in [6, 6.07) is 6.38. The van der Waals surface area contributed by atoms with Crippen LogP contribution in [0.1, 0.15) is 29.6 Å². The average molecular weight is 440 g/mol. The maximum atomic E-state index is 13.1. The zero-order valence-corrected chi connectivity index (χ0v) is 18.5. The number of rotatable bonds is 8. The molecule has 2 fully saturated rings. The molecule has 0 unspecified atom stereocenters. The highest BCUT2D eigenvalue weighted by molar-refractivity contribution is 7.98. The predicted octanol–water partition coefficient (Wildman–Crippen LogP) is 2.51. The Morgan fingerprint density at radius 1 is 1.28 bits per heavy atom. The van der Waals surface area contributed by atoms with Gasteiger partial charge in [0, 0.05) is 39.3 Å². The van der Waals surface area contributed by atoms with Gasteiger partial charge in [-0.3, -0.25) is 14.5 Å². The predicted molar refractivity (Wildman–Crippen MR) is 118 cm³/mol. The number of hydrogen-bond donors (Lipinski definition) is 1. The van der Waals surface area contributed by atoms with E-state index in [1.807, 2.05) is 11.2 Å². The lowest BCUT2D eigenvalue weighted by molar-refractivity contribution is -0.135. The average Bonchev–Trinajstić information content (AvgIpc) is 3.24. The van der Waals surface area contributed by atoms with E-state index in [9.17, 15) is 9.59 Å². The number of halogens is 1. The van der Waals surface area contributed by atoms with Crippen LogP contribution in [0.5, 0.6) is 0 Å². The highest BCUT2D eigenvalue weighted by atomic mass is 35.5. The van der Waals surface area contributed by atoms with Crippen LogP contribution in [0.2, 0.25) is 5.02 Å². The van der Waals surface area contributed by atoms with Gasteiger partial charge in [0.05, 0.1) is 16.7 Å². The minimum absolute atomic E-state index is 0.00350. The summed E-state index contributed by atoms with van der Waals surface area (Å²) in [5, 5.41) is 3.31. The summed E-state index contributed by atoms with van der Waals surface area (Å²) in [7, 11) is 0. The van der Waals surface area contributed by atoms with Crippen molar-refractivity contribution in [2.75, 3.05) is 51.3 Å². The van der Waals surface area contributed by atoms with Crippen LogP contribution in [0, 0.1) is 0 Å². The second-order valence-corrected chi connectivity index (χ2v) is 8.94. The quantitative estimate of drug-likeness (QED) is 0.674. The van der Waals surface area contributed by atoms with E-state index in [0.717, 1.165) is 44.8 Å². The van der Waals surface area contributed by atoms with Crippen LogP contribution < -0.4 is 5.32 Å². The van der Waals surface area contributed by atoms with Gasteiger partial charge in [0.2, 0.25) is 5.91 Å². The molecule has 2 amide bonds. The van der Waals surface area contributed by atoms with Crippen LogP contribution >= 0.6 is 23.4 Å². The molecule has 2 heterocycles. The molecule has 1 aromatic carbocycles. The first-order chi connectivity index (χ1) is 14.1. The lowest BCUT2D eigenvalue weighted by Gasteiger charge is -2.37. The summed E-state index contributed by atoms with van der Waals surface area (Å²) in [5.74, 6) is 0.501. The minimum atomic E-state index is -0.532. The van der Waals surface area contributed by atoms with Crippen molar-refractivity contribution in [3.8, 4) is 0 Å². The highest BCUT2D eigenvalue weighted by Gasteiger charge is 2.30. The van der Waals surface area contributed by atoms with Gasteiger partial charge in [-0.1, -0.05) is 23.7 Å². The van der Waals surface area contributed by atoms with Crippen molar-refractivity contribution in [2.45, 2.75) is 31.4 Å². The summed E-state index contributed by atoms with van der Waals surface area (Å²) >= 11 is 7.81. The largest absolute Gasteiger partial charge is 0.377 e. The molecular formula is C21H30ClN3O3S. The number of nitrogens with zero attached hydrogens (tertiary/aromatic N) is 2. The number of hydrogen-bond acceptors (Lipinski definition) is 5. The standard InChI is InChI=1S/C21H30ClN3O3S/c1-29-14-8-19(23-20(26)17-6-2-3-7-18(17)22)21(27)25-11-9-24(10-12-25)15-16-5-4-13-28-16/h2-3,6-7,16,19H,4-5,8-15H2,1H3,(H,23,26)/t16-,19-/m0/s1. The lowest BCUT2D eigenvalue weighted by atomic mass is 10.1. The van der Waals surface area contributed by atoms with Crippen LogP contribution in [-0.4, -0.2) is 85.1 Å². The molecule has 160 valence electrons. The van der Waals surface area contributed by atoms with E-state index >= 15 is 0 Å². The monoisotopic (exact) mass is 439 g/mol. The Kier molecular flexibility index (Phi) is 8.66. The first-order valence-electron chi connectivity index (χ1n) is 10.3. The van der Waals surface area contributed by atoms with Crippen molar-refractivity contribution < 1.29 is 14.3 Å². The Morgan fingerprint density at radius 2 is 2.03 bits per heavy atom. The number of nitrogens with one attached hydrogen (secondary N) is 1. The minimum Gasteiger partial charge on any atom is -0.377 e. The third-order valence-electron chi connectivity index (χ3n) is 5.50. The van der Waals surface area contributed by atoms with E-state index in [1.54, 1.807) is 36.0 Å². The van der Waals surface area contributed by atoms with E-state index in [4.69, 9.17) is 16.3 Å². The van der Waals surface area contributed by atoms with Gasteiger partial charge in [0.15, 0.2) is 0 Å². The molecule has 0 radical (unpaired) electrons.